The van der Waals surface area contributed by atoms with Crippen molar-refractivity contribution in [3.8, 4) is 5.75 Å². The van der Waals surface area contributed by atoms with Crippen molar-refractivity contribution in [1.82, 2.24) is 10.6 Å². The molecule has 1 unspecified atom stereocenters. The van der Waals surface area contributed by atoms with Crippen LogP contribution < -0.4 is 21.1 Å². The van der Waals surface area contributed by atoms with Gasteiger partial charge in [0.05, 0.1) is 0 Å². The van der Waals surface area contributed by atoms with E-state index in [1.165, 1.54) is 7.05 Å². The van der Waals surface area contributed by atoms with Crippen LogP contribution in [0.1, 0.15) is 37.8 Å². The first-order valence-electron chi connectivity index (χ1n) is 6.85. The van der Waals surface area contributed by atoms with Gasteiger partial charge in [-0.25, -0.2) is 4.79 Å². The monoisotopic (exact) mass is 293 g/mol. The van der Waals surface area contributed by atoms with Crippen LogP contribution in [-0.2, 0) is 4.79 Å². The third-order valence-corrected chi connectivity index (χ3v) is 3.16. The molecule has 1 rings (SSSR count). The molecule has 6 nitrogen and oxygen atoms in total. The molecule has 0 aliphatic heterocycles. The first-order chi connectivity index (χ1) is 9.76. The maximum absolute atomic E-state index is 11.8. The van der Waals surface area contributed by atoms with Crippen molar-refractivity contribution >= 4 is 17.6 Å². The van der Waals surface area contributed by atoms with E-state index in [0.29, 0.717) is 11.4 Å². The topological polar surface area (TPSA) is 93.5 Å². The highest BCUT2D eigenvalue weighted by Gasteiger charge is 2.19. The zero-order chi connectivity index (χ0) is 16.2. The van der Waals surface area contributed by atoms with Crippen LogP contribution in [0.3, 0.4) is 0 Å². The van der Waals surface area contributed by atoms with E-state index in [0.717, 1.165) is 11.1 Å². The summed E-state index contributed by atoms with van der Waals surface area (Å²) in [5, 5.41) is 4.50. The van der Waals surface area contributed by atoms with Crippen LogP contribution in [0.5, 0.6) is 5.75 Å². The van der Waals surface area contributed by atoms with E-state index in [1.54, 1.807) is 6.92 Å². The maximum atomic E-state index is 11.8. The van der Waals surface area contributed by atoms with E-state index in [4.69, 9.17) is 10.5 Å². The van der Waals surface area contributed by atoms with Crippen LogP contribution in [0.25, 0.3) is 0 Å². The van der Waals surface area contributed by atoms with Gasteiger partial charge in [-0.2, -0.15) is 0 Å². The fourth-order valence-electron chi connectivity index (χ4n) is 1.79. The van der Waals surface area contributed by atoms with Gasteiger partial charge >= 0.3 is 6.03 Å². The Hall–Kier alpha value is -2.24. The summed E-state index contributed by atoms with van der Waals surface area (Å²) in [4.78, 5) is 23.0. The number of benzene rings is 1. The molecule has 0 saturated heterocycles. The number of amides is 3. The fraction of sp³-hybridized carbons (Fsp3) is 0.467. The summed E-state index contributed by atoms with van der Waals surface area (Å²) in [5.41, 5.74) is 8.41. The molecule has 1 aromatic rings. The zero-order valence-corrected chi connectivity index (χ0v) is 13.1. The molecule has 1 atom stereocenters. The highest BCUT2D eigenvalue weighted by Crippen LogP contribution is 2.31. The molecule has 0 fully saturated rings. The summed E-state index contributed by atoms with van der Waals surface area (Å²) in [6.45, 7) is 7.51. The summed E-state index contributed by atoms with van der Waals surface area (Å²) < 4.78 is 5.70. The van der Waals surface area contributed by atoms with Crippen LogP contribution in [0.4, 0.5) is 10.5 Å². The molecule has 0 bridgehead atoms. The Bertz CT molecular complexity index is 541. The minimum atomic E-state index is -0.789. The molecule has 0 heterocycles. The van der Waals surface area contributed by atoms with Crippen LogP contribution >= 0.6 is 0 Å². The van der Waals surface area contributed by atoms with E-state index in [-0.39, 0.29) is 5.92 Å². The standard InChI is InChI=1S/C15H23N3O3/c1-8(2)11-7-12(16)9(3)6-13(11)21-10(4)14(19)18-15(20)17-5/h6-8,10H,16H2,1-5H3,(H2,17,18,19,20). The number of urea groups is 1. The minimum Gasteiger partial charge on any atom is -0.481 e. The molecule has 116 valence electrons. The first kappa shape index (κ1) is 16.8. The molecular formula is C15H23N3O3. The second-order valence-electron chi connectivity index (χ2n) is 5.23. The minimum absolute atomic E-state index is 0.206. The summed E-state index contributed by atoms with van der Waals surface area (Å²) in [7, 11) is 1.44. The Morgan fingerprint density at radius 1 is 1.24 bits per heavy atom. The molecule has 6 heteroatoms. The SMILES string of the molecule is CNC(=O)NC(=O)C(C)Oc1cc(C)c(N)cc1C(C)C. The molecule has 21 heavy (non-hydrogen) atoms. The zero-order valence-electron chi connectivity index (χ0n) is 13.1. The summed E-state index contributed by atoms with van der Waals surface area (Å²) >= 11 is 0. The molecule has 4 N–H and O–H groups in total. The third-order valence-electron chi connectivity index (χ3n) is 3.16. The number of aryl methyl sites for hydroxylation is 1. The van der Waals surface area contributed by atoms with Crippen LogP contribution in [0.2, 0.25) is 0 Å². The van der Waals surface area contributed by atoms with E-state index >= 15 is 0 Å². The Morgan fingerprint density at radius 2 is 1.86 bits per heavy atom. The fourth-order valence-corrected chi connectivity index (χ4v) is 1.79. The number of nitrogens with two attached hydrogens (primary N) is 1. The van der Waals surface area contributed by atoms with Crippen molar-refractivity contribution < 1.29 is 14.3 Å². The van der Waals surface area contributed by atoms with Gasteiger partial charge in [0.15, 0.2) is 6.10 Å². The number of nitrogens with one attached hydrogen (secondary N) is 2. The molecule has 0 spiro atoms. The Balaban J connectivity index is 2.94. The van der Waals surface area contributed by atoms with Crippen LogP contribution in [-0.4, -0.2) is 25.1 Å². The molecule has 0 radical (unpaired) electrons. The van der Waals surface area contributed by atoms with Crippen molar-refractivity contribution in [1.29, 1.82) is 0 Å². The molecule has 0 aliphatic carbocycles. The van der Waals surface area contributed by atoms with Crippen molar-refractivity contribution in [2.24, 2.45) is 0 Å². The van der Waals surface area contributed by atoms with Gasteiger partial charge in [0.1, 0.15) is 5.75 Å². The third kappa shape index (κ3) is 4.37. The summed E-state index contributed by atoms with van der Waals surface area (Å²) in [6.07, 6.45) is -0.789. The Kier molecular flexibility index (Phi) is 5.58. The molecule has 3 amide bonds. The van der Waals surface area contributed by atoms with Crippen LogP contribution in [0.15, 0.2) is 12.1 Å². The van der Waals surface area contributed by atoms with E-state index in [2.05, 4.69) is 10.6 Å². The second-order valence-corrected chi connectivity index (χ2v) is 5.23. The Morgan fingerprint density at radius 3 is 2.38 bits per heavy atom. The maximum Gasteiger partial charge on any atom is 0.321 e. The number of hydrogen-bond donors (Lipinski definition) is 3. The molecule has 0 aromatic heterocycles. The van der Waals surface area contributed by atoms with E-state index < -0.39 is 18.0 Å². The average Bonchev–Trinajstić information content (AvgIpc) is 2.41. The second kappa shape index (κ2) is 6.97. The van der Waals surface area contributed by atoms with Gasteiger partial charge < -0.3 is 15.8 Å². The lowest BCUT2D eigenvalue weighted by Crippen LogP contribution is -2.44. The number of rotatable bonds is 4. The summed E-state index contributed by atoms with van der Waals surface area (Å²) in [6, 6.07) is 3.11. The molecular weight excluding hydrogens is 270 g/mol. The predicted octanol–water partition coefficient (Wildman–Crippen LogP) is 1.92. The van der Waals surface area contributed by atoms with Gasteiger partial charge in [0.25, 0.3) is 5.91 Å². The van der Waals surface area contributed by atoms with Crippen LogP contribution in [0, 0.1) is 6.92 Å². The van der Waals surface area contributed by atoms with Gasteiger partial charge in [-0.05, 0) is 43.0 Å². The van der Waals surface area contributed by atoms with E-state index in [9.17, 15) is 9.59 Å². The number of anilines is 1. The lowest BCUT2D eigenvalue weighted by atomic mass is 9.99. The number of ether oxygens (including phenoxy) is 1. The number of nitrogen functional groups attached to an aromatic ring is 1. The lowest BCUT2D eigenvalue weighted by molar-refractivity contribution is -0.126. The number of carbonyl (C=O) groups excluding carboxylic acids is 2. The van der Waals surface area contributed by atoms with Gasteiger partial charge in [0.2, 0.25) is 0 Å². The number of carbonyl (C=O) groups is 2. The lowest BCUT2D eigenvalue weighted by Gasteiger charge is -2.20. The van der Waals surface area contributed by atoms with Gasteiger partial charge in [-0.3, -0.25) is 10.1 Å². The van der Waals surface area contributed by atoms with Gasteiger partial charge in [-0.1, -0.05) is 13.8 Å². The highest BCUT2D eigenvalue weighted by molar-refractivity contribution is 5.96. The van der Waals surface area contributed by atoms with Crippen molar-refractivity contribution in [2.75, 3.05) is 12.8 Å². The van der Waals surface area contributed by atoms with Crippen molar-refractivity contribution in [2.45, 2.75) is 39.7 Å². The Labute approximate surface area is 125 Å². The first-order valence-corrected chi connectivity index (χ1v) is 6.85. The number of hydrogen-bond acceptors (Lipinski definition) is 4. The summed E-state index contributed by atoms with van der Waals surface area (Å²) in [5.74, 6) is 0.312. The molecule has 0 saturated carbocycles. The number of imide groups is 1. The smallest absolute Gasteiger partial charge is 0.321 e. The van der Waals surface area contributed by atoms with Gasteiger partial charge in [0, 0.05) is 12.7 Å². The quantitative estimate of drug-likeness (QED) is 0.739. The van der Waals surface area contributed by atoms with Gasteiger partial charge in [-0.15, -0.1) is 0 Å². The molecule has 1 aromatic carbocycles. The normalized spacial score (nSPS) is 11.9. The highest BCUT2D eigenvalue weighted by atomic mass is 16.5. The van der Waals surface area contributed by atoms with E-state index in [1.807, 2.05) is 32.9 Å². The van der Waals surface area contributed by atoms with Crippen molar-refractivity contribution in [3.05, 3.63) is 23.3 Å². The average molecular weight is 293 g/mol. The molecule has 0 aliphatic rings. The van der Waals surface area contributed by atoms with Crippen molar-refractivity contribution in [3.63, 3.8) is 0 Å². The largest absolute Gasteiger partial charge is 0.481 e. The predicted molar refractivity (Wildman–Crippen MR) is 82.4 cm³/mol.